The molecule has 0 spiro atoms. The maximum absolute atomic E-state index is 13.0. The van der Waals surface area contributed by atoms with Gasteiger partial charge >= 0.3 is 5.97 Å². The first-order valence-corrected chi connectivity index (χ1v) is 10.3. The van der Waals surface area contributed by atoms with E-state index >= 15 is 0 Å². The molecule has 0 aliphatic carbocycles. The molecule has 1 amide bonds. The lowest BCUT2D eigenvalue weighted by Crippen LogP contribution is -2.35. The normalized spacial score (nSPS) is 14.2. The van der Waals surface area contributed by atoms with Gasteiger partial charge in [-0.1, -0.05) is 0 Å². The predicted octanol–water partition coefficient (Wildman–Crippen LogP) is 2.19. The fourth-order valence-corrected chi connectivity index (χ4v) is 3.50. The Morgan fingerprint density at radius 1 is 0.968 bits per heavy atom. The molecule has 1 aliphatic rings. The second-order valence-electron chi connectivity index (χ2n) is 7.13. The molecule has 0 radical (unpaired) electrons. The zero-order valence-electron chi connectivity index (χ0n) is 17.3. The standard InChI is InChI=1S/C22H24N6O3/c1-2-31-22(30)18-5-7-19(25-15-18)26-9-3-10-27(13-12-26)21(29)17-4-6-20(24-14-17)28-11-8-23-16-28/h4-8,11,14-16H,2-3,9-10,12-13H2,1H3. The summed E-state index contributed by atoms with van der Waals surface area (Å²) in [5.74, 6) is 1.10. The van der Waals surface area contributed by atoms with Gasteiger partial charge in [-0.2, -0.15) is 0 Å². The maximum Gasteiger partial charge on any atom is 0.339 e. The number of pyridine rings is 2. The molecule has 0 bridgehead atoms. The van der Waals surface area contributed by atoms with E-state index in [2.05, 4.69) is 19.9 Å². The van der Waals surface area contributed by atoms with Crippen LogP contribution in [0.25, 0.3) is 5.82 Å². The summed E-state index contributed by atoms with van der Waals surface area (Å²) in [5, 5.41) is 0. The number of amides is 1. The Kier molecular flexibility index (Phi) is 6.21. The van der Waals surface area contributed by atoms with E-state index in [-0.39, 0.29) is 11.9 Å². The Labute approximate surface area is 180 Å². The first-order chi connectivity index (χ1) is 15.2. The fraction of sp³-hybridized carbons (Fsp3) is 0.318. The quantitative estimate of drug-likeness (QED) is 0.584. The van der Waals surface area contributed by atoms with Gasteiger partial charge in [0.15, 0.2) is 0 Å². The van der Waals surface area contributed by atoms with Gasteiger partial charge in [-0.3, -0.25) is 9.36 Å². The molecule has 3 aromatic rings. The van der Waals surface area contributed by atoms with E-state index in [0.717, 1.165) is 18.8 Å². The molecule has 160 valence electrons. The molecule has 4 heterocycles. The van der Waals surface area contributed by atoms with Gasteiger partial charge in [0, 0.05) is 51.0 Å². The van der Waals surface area contributed by atoms with E-state index < -0.39 is 0 Å². The molecular weight excluding hydrogens is 396 g/mol. The highest BCUT2D eigenvalue weighted by Crippen LogP contribution is 2.16. The van der Waals surface area contributed by atoms with E-state index in [1.54, 1.807) is 48.5 Å². The monoisotopic (exact) mass is 420 g/mol. The van der Waals surface area contributed by atoms with Crippen molar-refractivity contribution in [2.24, 2.45) is 0 Å². The second-order valence-corrected chi connectivity index (χ2v) is 7.13. The molecule has 1 saturated heterocycles. The second kappa shape index (κ2) is 9.38. The van der Waals surface area contributed by atoms with E-state index in [1.165, 1.54) is 6.20 Å². The summed E-state index contributed by atoms with van der Waals surface area (Å²) < 4.78 is 6.79. The number of aromatic nitrogens is 4. The third kappa shape index (κ3) is 4.71. The molecule has 1 aliphatic heterocycles. The summed E-state index contributed by atoms with van der Waals surface area (Å²) in [6.45, 7) is 4.81. The van der Waals surface area contributed by atoms with Crippen LogP contribution < -0.4 is 4.90 Å². The highest BCUT2D eigenvalue weighted by Gasteiger charge is 2.21. The average molecular weight is 420 g/mol. The number of carbonyl (C=O) groups excluding carboxylic acids is 2. The topological polar surface area (TPSA) is 93.5 Å². The van der Waals surface area contributed by atoms with Gasteiger partial charge in [0.2, 0.25) is 0 Å². The summed E-state index contributed by atoms with van der Waals surface area (Å²) in [6.07, 6.45) is 9.13. The average Bonchev–Trinajstić information content (AvgIpc) is 3.24. The predicted molar refractivity (Wildman–Crippen MR) is 114 cm³/mol. The largest absolute Gasteiger partial charge is 0.462 e. The molecule has 3 aromatic heterocycles. The zero-order valence-corrected chi connectivity index (χ0v) is 17.3. The Morgan fingerprint density at radius 3 is 2.42 bits per heavy atom. The van der Waals surface area contributed by atoms with Crippen molar-refractivity contribution in [3.63, 3.8) is 0 Å². The lowest BCUT2D eigenvalue weighted by Gasteiger charge is -2.23. The van der Waals surface area contributed by atoms with Crippen molar-refractivity contribution in [1.29, 1.82) is 0 Å². The first-order valence-electron chi connectivity index (χ1n) is 10.3. The van der Waals surface area contributed by atoms with Crippen LogP contribution in [0.2, 0.25) is 0 Å². The minimum absolute atomic E-state index is 0.0304. The van der Waals surface area contributed by atoms with Gasteiger partial charge in [0.1, 0.15) is 18.0 Å². The highest BCUT2D eigenvalue weighted by molar-refractivity contribution is 5.94. The summed E-state index contributed by atoms with van der Waals surface area (Å²) in [5.41, 5.74) is 0.998. The van der Waals surface area contributed by atoms with Crippen molar-refractivity contribution in [1.82, 2.24) is 24.4 Å². The molecular formula is C22H24N6O3. The van der Waals surface area contributed by atoms with Crippen molar-refractivity contribution in [2.75, 3.05) is 37.7 Å². The lowest BCUT2D eigenvalue weighted by molar-refractivity contribution is 0.0525. The van der Waals surface area contributed by atoms with Crippen LogP contribution in [0.15, 0.2) is 55.4 Å². The van der Waals surface area contributed by atoms with Gasteiger partial charge in [0.05, 0.1) is 17.7 Å². The van der Waals surface area contributed by atoms with Gasteiger partial charge in [-0.15, -0.1) is 0 Å². The zero-order chi connectivity index (χ0) is 21.6. The van der Waals surface area contributed by atoms with Crippen molar-refractivity contribution < 1.29 is 14.3 Å². The van der Waals surface area contributed by atoms with Crippen LogP contribution in [0, 0.1) is 0 Å². The van der Waals surface area contributed by atoms with Crippen LogP contribution in [-0.4, -0.2) is 69.1 Å². The van der Waals surface area contributed by atoms with Crippen LogP contribution >= 0.6 is 0 Å². The van der Waals surface area contributed by atoms with Crippen molar-refractivity contribution in [3.05, 3.63) is 66.5 Å². The highest BCUT2D eigenvalue weighted by atomic mass is 16.5. The molecule has 0 aromatic carbocycles. The molecule has 4 rings (SSSR count). The minimum Gasteiger partial charge on any atom is -0.462 e. The SMILES string of the molecule is CCOC(=O)c1ccc(N2CCCN(C(=O)c3ccc(-n4ccnc4)nc3)CC2)nc1. The van der Waals surface area contributed by atoms with E-state index in [0.29, 0.717) is 43.2 Å². The summed E-state index contributed by atoms with van der Waals surface area (Å²) >= 11 is 0. The summed E-state index contributed by atoms with van der Waals surface area (Å²) in [6, 6.07) is 7.15. The molecule has 0 N–H and O–H groups in total. The number of carbonyl (C=O) groups is 2. The van der Waals surface area contributed by atoms with Gasteiger partial charge in [-0.05, 0) is 37.6 Å². The van der Waals surface area contributed by atoms with Crippen LogP contribution in [0.1, 0.15) is 34.1 Å². The molecule has 0 atom stereocenters. The van der Waals surface area contributed by atoms with Gasteiger partial charge in [-0.25, -0.2) is 19.7 Å². The minimum atomic E-state index is -0.373. The number of imidazole rings is 1. The number of rotatable bonds is 5. The summed E-state index contributed by atoms with van der Waals surface area (Å²) in [7, 11) is 0. The Hall–Kier alpha value is -3.75. The van der Waals surface area contributed by atoms with Crippen molar-refractivity contribution in [2.45, 2.75) is 13.3 Å². The van der Waals surface area contributed by atoms with E-state index in [4.69, 9.17) is 4.74 Å². The number of hydrogen-bond acceptors (Lipinski definition) is 7. The third-order valence-corrected chi connectivity index (χ3v) is 5.13. The Balaban J connectivity index is 1.38. The maximum atomic E-state index is 13.0. The van der Waals surface area contributed by atoms with Crippen molar-refractivity contribution in [3.8, 4) is 5.82 Å². The Bertz CT molecular complexity index is 1020. The smallest absolute Gasteiger partial charge is 0.339 e. The number of ether oxygens (including phenoxy) is 1. The van der Waals surface area contributed by atoms with Crippen LogP contribution in [-0.2, 0) is 4.74 Å². The van der Waals surface area contributed by atoms with E-state index in [9.17, 15) is 9.59 Å². The first kappa shape index (κ1) is 20.5. The molecule has 0 unspecified atom stereocenters. The van der Waals surface area contributed by atoms with E-state index in [1.807, 2.05) is 17.0 Å². The number of hydrogen-bond donors (Lipinski definition) is 0. The number of esters is 1. The molecule has 31 heavy (non-hydrogen) atoms. The van der Waals surface area contributed by atoms with Crippen LogP contribution in [0.3, 0.4) is 0 Å². The van der Waals surface area contributed by atoms with Crippen LogP contribution in [0.5, 0.6) is 0 Å². The third-order valence-electron chi connectivity index (χ3n) is 5.13. The molecule has 9 nitrogen and oxygen atoms in total. The lowest BCUT2D eigenvalue weighted by atomic mass is 10.2. The number of anilines is 1. The van der Waals surface area contributed by atoms with Gasteiger partial charge in [0.25, 0.3) is 5.91 Å². The molecule has 9 heteroatoms. The summed E-state index contributed by atoms with van der Waals surface area (Å²) in [4.78, 5) is 41.5. The van der Waals surface area contributed by atoms with Crippen LogP contribution in [0.4, 0.5) is 5.82 Å². The van der Waals surface area contributed by atoms with Gasteiger partial charge < -0.3 is 14.5 Å². The molecule has 1 fully saturated rings. The number of nitrogens with zero attached hydrogens (tertiary/aromatic N) is 6. The Morgan fingerprint density at radius 2 is 1.74 bits per heavy atom. The fourth-order valence-electron chi connectivity index (χ4n) is 3.50. The molecule has 0 saturated carbocycles. The van der Waals surface area contributed by atoms with Crippen molar-refractivity contribution >= 4 is 17.7 Å².